The molecule has 0 spiro atoms. The normalized spacial score (nSPS) is 11.2. The lowest BCUT2D eigenvalue weighted by molar-refractivity contribution is 0.632. The Morgan fingerprint density at radius 2 is 1.82 bits per heavy atom. The largest absolute Gasteiger partial charge is 0.376 e. The van der Waals surface area contributed by atoms with Crippen molar-refractivity contribution in [1.29, 1.82) is 0 Å². The molecule has 22 heavy (non-hydrogen) atoms. The molecule has 0 unspecified atom stereocenters. The highest BCUT2D eigenvalue weighted by atomic mass is 35.5. The van der Waals surface area contributed by atoms with Crippen LogP contribution >= 0.6 is 11.6 Å². The molecule has 2 rings (SSSR count). The molecular weight excluding hydrogens is 302 g/mol. The number of anilines is 2. The van der Waals surface area contributed by atoms with Crippen LogP contribution in [-0.4, -0.2) is 5.54 Å². The smallest absolute Gasteiger partial charge is 0.253 e. The van der Waals surface area contributed by atoms with Crippen molar-refractivity contribution in [2.75, 3.05) is 10.6 Å². The third-order valence-corrected chi connectivity index (χ3v) is 3.38. The van der Waals surface area contributed by atoms with Crippen LogP contribution in [0.5, 0.6) is 0 Å². The van der Waals surface area contributed by atoms with Crippen molar-refractivity contribution in [1.82, 2.24) is 0 Å². The average Bonchev–Trinajstić information content (AvgIpc) is 2.46. The van der Waals surface area contributed by atoms with E-state index in [4.69, 9.17) is 18.2 Å². The first-order valence-electron chi connectivity index (χ1n) is 6.74. The Kier molecular flexibility index (Phi) is 4.25. The van der Waals surface area contributed by atoms with E-state index in [2.05, 4.69) is 15.5 Å². The van der Waals surface area contributed by atoms with E-state index in [0.29, 0.717) is 22.9 Å². The summed E-state index contributed by atoms with van der Waals surface area (Å²) in [5, 5.41) is 6.43. The molecule has 0 heterocycles. The van der Waals surface area contributed by atoms with E-state index >= 15 is 0 Å². The van der Waals surface area contributed by atoms with Crippen LogP contribution < -0.4 is 21.5 Å². The number of nitrogens with one attached hydrogen (secondary N) is 2. The van der Waals surface area contributed by atoms with Crippen LogP contribution in [0.1, 0.15) is 26.3 Å². The summed E-state index contributed by atoms with van der Waals surface area (Å²) in [6.07, 6.45) is 0. The number of nitrogens with zero attached hydrogens (tertiary/aromatic N) is 1. The minimum atomic E-state index is -0.527. The summed E-state index contributed by atoms with van der Waals surface area (Å²) in [7, 11) is 0. The molecule has 0 aliphatic rings. The molecule has 2 aromatic rings. The Hall–Kier alpha value is -2.32. The van der Waals surface area contributed by atoms with E-state index in [1.165, 1.54) is 0 Å². The number of hydrogen-bond donors (Lipinski definition) is 2. The van der Waals surface area contributed by atoms with E-state index in [0.717, 1.165) is 5.56 Å². The van der Waals surface area contributed by atoms with Crippen molar-refractivity contribution >= 4 is 28.7 Å². The van der Waals surface area contributed by atoms with Gasteiger partial charge in [-0.2, -0.15) is 0 Å². The van der Waals surface area contributed by atoms with Crippen molar-refractivity contribution < 1.29 is 0 Å². The van der Waals surface area contributed by atoms with Crippen molar-refractivity contribution in [3.8, 4) is 0 Å². The molecule has 0 saturated heterocycles. The molecular formula is C16H16ClN3O2. The molecule has 2 N–H and O–H groups in total. The van der Waals surface area contributed by atoms with Crippen molar-refractivity contribution in [3.63, 3.8) is 0 Å². The van der Waals surface area contributed by atoms with Crippen LogP contribution in [0.15, 0.2) is 27.8 Å². The van der Waals surface area contributed by atoms with Gasteiger partial charge in [0.25, 0.3) is 10.9 Å². The summed E-state index contributed by atoms with van der Waals surface area (Å²) in [6.45, 7) is 13.0. The molecule has 114 valence electrons. The van der Waals surface area contributed by atoms with Gasteiger partial charge in [0.2, 0.25) is 0 Å². The summed E-state index contributed by atoms with van der Waals surface area (Å²) < 4.78 is 0. The van der Waals surface area contributed by atoms with Crippen LogP contribution in [0.4, 0.5) is 17.1 Å². The first kappa shape index (κ1) is 16.1. The predicted octanol–water partition coefficient (Wildman–Crippen LogP) is 3.31. The fraction of sp³-hybridized carbons (Fsp3) is 0.312. The van der Waals surface area contributed by atoms with Crippen LogP contribution in [0.3, 0.4) is 0 Å². The van der Waals surface area contributed by atoms with Gasteiger partial charge in [0.1, 0.15) is 11.4 Å². The van der Waals surface area contributed by atoms with E-state index in [9.17, 15) is 9.59 Å². The summed E-state index contributed by atoms with van der Waals surface area (Å²) in [6, 6.07) is 4.96. The maximum atomic E-state index is 11.7. The SMILES string of the molecule is [C-]#[N+]c1ccc(CNc2c(NC(C)(C)C)c(=O)c2=O)c(Cl)c1. The highest BCUT2D eigenvalue weighted by molar-refractivity contribution is 6.31. The number of rotatable bonds is 4. The molecule has 2 aromatic carbocycles. The Balaban J connectivity index is 2.17. The molecule has 6 heteroatoms. The van der Waals surface area contributed by atoms with Gasteiger partial charge in [0, 0.05) is 17.1 Å². The Morgan fingerprint density at radius 1 is 1.18 bits per heavy atom. The van der Waals surface area contributed by atoms with Crippen LogP contribution in [-0.2, 0) is 6.54 Å². The predicted molar refractivity (Wildman–Crippen MR) is 89.8 cm³/mol. The summed E-state index contributed by atoms with van der Waals surface area (Å²) >= 11 is 6.09. The monoisotopic (exact) mass is 317 g/mol. The van der Waals surface area contributed by atoms with Crippen molar-refractivity contribution in [2.45, 2.75) is 32.9 Å². The van der Waals surface area contributed by atoms with Gasteiger partial charge in [-0.05, 0) is 32.4 Å². The Labute approximate surface area is 133 Å². The molecule has 0 fully saturated rings. The lowest BCUT2D eigenvalue weighted by atomic mass is 10.1. The lowest BCUT2D eigenvalue weighted by Crippen LogP contribution is -2.41. The van der Waals surface area contributed by atoms with E-state index < -0.39 is 10.9 Å². The van der Waals surface area contributed by atoms with Gasteiger partial charge in [-0.3, -0.25) is 9.59 Å². The summed E-state index contributed by atoms with van der Waals surface area (Å²) in [5.41, 5.74) is 0.457. The second kappa shape index (κ2) is 5.82. The molecule has 0 bridgehead atoms. The fourth-order valence-corrected chi connectivity index (χ4v) is 2.23. The highest BCUT2D eigenvalue weighted by Gasteiger charge is 2.24. The third kappa shape index (κ3) is 3.29. The van der Waals surface area contributed by atoms with Gasteiger partial charge in [0.05, 0.1) is 6.57 Å². The molecule has 0 atom stereocenters. The molecule has 0 radical (unpaired) electrons. The first-order chi connectivity index (χ1) is 10.2. The van der Waals surface area contributed by atoms with E-state index in [-0.39, 0.29) is 11.2 Å². The van der Waals surface area contributed by atoms with Crippen molar-refractivity contribution in [2.24, 2.45) is 0 Å². The van der Waals surface area contributed by atoms with Crippen LogP contribution in [0.25, 0.3) is 4.85 Å². The second-order valence-corrected chi connectivity index (χ2v) is 6.43. The number of benzene rings is 1. The zero-order chi connectivity index (χ0) is 16.5. The molecule has 0 saturated carbocycles. The minimum Gasteiger partial charge on any atom is -0.376 e. The van der Waals surface area contributed by atoms with Crippen molar-refractivity contribution in [3.05, 3.63) is 60.6 Å². The summed E-state index contributed by atoms with van der Waals surface area (Å²) in [5.74, 6) is 0. The lowest BCUT2D eigenvalue weighted by Gasteiger charge is -2.25. The molecule has 0 aliphatic heterocycles. The Morgan fingerprint density at radius 3 is 2.36 bits per heavy atom. The molecule has 0 aliphatic carbocycles. The molecule has 0 aromatic heterocycles. The second-order valence-electron chi connectivity index (χ2n) is 6.02. The van der Waals surface area contributed by atoms with Gasteiger partial charge < -0.3 is 10.6 Å². The van der Waals surface area contributed by atoms with Crippen LogP contribution in [0, 0.1) is 6.57 Å². The quantitative estimate of drug-likeness (QED) is 0.671. The zero-order valence-corrected chi connectivity index (χ0v) is 13.3. The maximum Gasteiger partial charge on any atom is 0.253 e. The maximum absolute atomic E-state index is 11.7. The van der Waals surface area contributed by atoms with Gasteiger partial charge in [0.15, 0.2) is 5.69 Å². The minimum absolute atomic E-state index is 0.283. The van der Waals surface area contributed by atoms with E-state index in [1.54, 1.807) is 18.2 Å². The van der Waals surface area contributed by atoms with Gasteiger partial charge in [-0.1, -0.05) is 23.7 Å². The van der Waals surface area contributed by atoms with Gasteiger partial charge in [-0.15, -0.1) is 0 Å². The molecule has 0 amide bonds. The van der Waals surface area contributed by atoms with E-state index in [1.807, 2.05) is 20.8 Å². The standard InChI is InChI=1S/C16H16ClN3O2/c1-16(2,3)20-13-12(14(21)15(13)22)19-8-9-5-6-10(18-4)7-11(9)17/h5-7,19-20H,8H2,1-3H3. The zero-order valence-electron chi connectivity index (χ0n) is 12.6. The average molecular weight is 318 g/mol. The first-order valence-corrected chi connectivity index (χ1v) is 7.12. The topological polar surface area (TPSA) is 62.6 Å². The third-order valence-electron chi connectivity index (χ3n) is 3.03. The van der Waals surface area contributed by atoms with Crippen LogP contribution in [0.2, 0.25) is 5.02 Å². The highest BCUT2D eigenvalue weighted by Crippen LogP contribution is 2.25. The Bertz CT molecular complexity index is 821. The number of hydrogen-bond acceptors (Lipinski definition) is 4. The number of halogens is 1. The van der Waals surface area contributed by atoms with Gasteiger partial charge >= 0.3 is 0 Å². The summed E-state index contributed by atoms with van der Waals surface area (Å²) in [4.78, 5) is 26.6. The fourth-order valence-electron chi connectivity index (χ4n) is 1.99. The molecule has 5 nitrogen and oxygen atoms in total. The van der Waals surface area contributed by atoms with Gasteiger partial charge in [-0.25, -0.2) is 4.85 Å².